The van der Waals surface area contributed by atoms with E-state index in [2.05, 4.69) is 29.4 Å². The standard InChI is InChI=1S/C10H23N3O/c1-5-13(6-2)9(11-3)7-8-10(9,14)12-4/h11-12,14H,5-8H2,1-4H3. The van der Waals surface area contributed by atoms with Crippen LogP contribution in [0.3, 0.4) is 0 Å². The normalized spacial score (nSPS) is 37.3. The van der Waals surface area contributed by atoms with E-state index in [9.17, 15) is 5.11 Å². The van der Waals surface area contributed by atoms with Crippen LogP contribution in [0.15, 0.2) is 0 Å². The lowest BCUT2D eigenvalue weighted by molar-refractivity contribution is -0.213. The highest BCUT2D eigenvalue weighted by molar-refractivity contribution is 5.11. The first-order valence-electron chi connectivity index (χ1n) is 5.45. The van der Waals surface area contributed by atoms with Crippen LogP contribution in [0.2, 0.25) is 0 Å². The highest BCUT2D eigenvalue weighted by Gasteiger charge is 2.59. The molecule has 84 valence electrons. The monoisotopic (exact) mass is 201 g/mol. The van der Waals surface area contributed by atoms with Crippen molar-refractivity contribution in [2.75, 3.05) is 27.2 Å². The first-order valence-corrected chi connectivity index (χ1v) is 5.45. The summed E-state index contributed by atoms with van der Waals surface area (Å²) in [4.78, 5) is 2.27. The van der Waals surface area contributed by atoms with Crippen molar-refractivity contribution >= 4 is 0 Å². The van der Waals surface area contributed by atoms with Gasteiger partial charge in [0.25, 0.3) is 0 Å². The maximum absolute atomic E-state index is 10.3. The number of hydrogen-bond donors (Lipinski definition) is 3. The molecule has 1 aliphatic carbocycles. The number of nitrogens with zero attached hydrogens (tertiary/aromatic N) is 1. The molecule has 1 rings (SSSR count). The highest BCUT2D eigenvalue weighted by atomic mass is 16.3. The van der Waals surface area contributed by atoms with Crippen LogP contribution in [-0.2, 0) is 0 Å². The molecule has 0 amide bonds. The molecular weight excluding hydrogens is 178 g/mol. The second-order valence-electron chi connectivity index (χ2n) is 3.89. The molecule has 1 saturated carbocycles. The molecule has 1 aliphatic rings. The van der Waals surface area contributed by atoms with Crippen LogP contribution in [0, 0.1) is 0 Å². The Bertz CT molecular complexity index is 188. The van der Waals surface area contributed by atoms with Crippen LogP contribution in [0.5, 0.6) is 0 Å². The van der Waals surface area contributed by atoms with Gasteiger partial charge in [0, 0.05) is 0 Å². The minimum atomic E-state index is -0.784. The summed E-state index contributed by atoms with van der Waals surface area (Å²) in [5, 5.41) is 16.6. The first kappa shape index (κ1) is 11.9. The van der Waals surface area contributed by atoms with Crippen LogP contribution in [0.4, 0.5) is 0 Å². The largest absolute Gasteiger partial charge is 0.372 e. The number of likely N-dealkylation sites (N-methyl/N-ethyl adjacent to an activating group) is 3. The molecule has 3 N–H and O–H groups in total. The zero-order chi connectivity index (χ0) is 10.8. The van der Waals surface area contributed by atoms with E-state index in [1.807, 2.05) is 14.1 Å². The van der Waals surface area contributed by atoms with E-state index in [-0.39, 0.29) is 5.66 Å². The van der Waals surface area contributed by atoms with E-state index in [0.29, 0.717) is 0 Å². The van der Waals surface area contributed by atoms with Crippen molar-refractivity contribution < 1.29 is 5.11 Å². The Morgan fingerprint density at radius 2 is 1.71 bits per heavy atom. The quantitative estimate of drug-likeness (QED) is 0.546. The average Bonchev–Trinajstić information content (AvgIpc) is 2.22. The molecule has 2 atom stereocenters. The van der Waals surface area contributed by atoms with Crippen molar-refractivity contribution in [3.05, 3.63) is 0 Å². The Kier molecular flexibility index (Phi) is 3.53. The van der Waals surface area contributed by atoms with Crippen LogP contribution in [0.1, 0.15) is 26.7 Å². The SMILES string of the molecule is CCN(CC)C1(NC)CCC1(O)NC. The van der Waals surface area contributed by atoms with Crippen molar-refractivity contribution in [3.63, 3.8) is 0 Å². The fourth-order valence-electron chi connectivity index (χ4n) is 2.60. The predicted octanol–water partition coefficient (Wildman–Crippen LogP) is -0.0543. The summed E-state index contributed by atoms with van der Waals surface area (Å²) >= 11 is 0. The molecule has 0 heterocycles. The van der Waals surface area contributed by atoms with E-state index in [1.54, 1.807) is 0 Å². The molecule has 4 nitrogen and oxygen atoms in total. The third-order valence-electron chi connectivity index (χ3n) is 3.66. The minimum Gasteiger partial charge on any atom is -0.372 e. The molecule has 0 aliphatic heterocycles. The van der Waals surface area contributed by atoms with Gasteiger partial charge in [-0.1, -0.05) is 13.8 Å². The topological polar surface area (TPSA) is 47.5 Å². The van der Waals surface area contributed by atoms with E-state index in [0.717, 1.165) is 25.9 Å². The van der Waals surface area contributed by atoms with Crippen molar-refractivity contribution in [1.29, 1.82) is 0 Å². The summed E-state index contributed by atoms with van der Waals surface area (Å²) in [5.41, 5.74) is -1.07. The van der Waals surface area contributed by atoms with Crippen LogP contribution in [0.25, 0.3) is 0 Å². The van der Waals surface area contributed by atoms with Gasteiger partial charge < -0.3 is 5.11 Å². The fourth-order valence-corrected chi connectivity index (χ4v) is 2.60. The van der Waals surface area contributed by atoms with Crippen LogP contribution < -0.4 is 10.6 Å². The summed E-state index contributed by atoms with van der Waals surface area (Å²) in [6, 6.07) is 0. The maximum atomic E-state index is 10.3. The third-order valence-corrected chi connectivity index (χ3v) is 3.66. The predicted molar refractivity (Wildman–Crippen MR) is 58.0 cm³/mol. The Balaban J connectivity index is 2.86. The Morgan fingerprint density at radius 1 is 1.14 bits per heavy atom. The zero-order valence-electron chi connectivity index (χ0n) is 9.72. The Labute approximate surface area is 86.7 Å². The average molecular weight is 201 g/mol. The van der Waals surface area contributed by atoms with Gasteiger partial charge in [-0.3, -0.25) is 15.5 Å². The maximum Gasteiger partial charge on any atom is 0.147 e. The van der Waals surface area contributed by atoms with Crippen molar-refractivity contribution in [2.45, 2.75) is 38.1 Å². The fraction of sp³-hybridized carbons (Fsp3) is 1.00. The molecule has 1 fully saturated rings. The summed E-state index contributed by atoms with van der Waals surface area (Å²) in [6.45, 7) is 6.14. The van der Waals surface area contributed by atoms with E-state index < -0.39 is 5.72 Å². The first-order chi connectivity index (χ1) is 6.60. The molecule has 0 bridgehead atoms. The van der Waals surface area contributed by atoms with Gasteiger partial charge in [0.05, 0.1) is 0 Å². The van der Waals surface area contributed by atoms with Gasteiger partial charge in [0.1, 0.15) is 11.4 Å². The molecule has 2 unspecified atom stereocenters. The molecule has 14 heavy (non-hydrogen) atoms. The third kappa shape index (κ3) is 1.37. The summed E-state index contributed by atoms with van der Waals surface area (Å²) in [7, 11) is 3.73. The minimum absolute atomic E-state index is 0.286. The second kappa shape index (κ2) is 4.14. The Morgan fingerprint density at radius 3 is 1.93 bits per heavy atom. The summed E-state index contributed by atoms with van der Waals surface area (Å²) < 4.78 is 0. The lowest BCUT2D eigenvalue weighted by Gasteiger charge is -2.60. The molecule has 0 saturated heterocycles. The zero-order valence-corrected chi connectivity index (χ0v) is 9.72. The van der Waals surface area contributed by atoms with E-state index in [4.69, 9.17) is 0 Å². The molecule has 0 aromatic heterocycles. The van der Waals surface area contributed by atoms with Gasteiger partial charge in [-0.2, -0.15) is 0 Å². The van der Waals surface area contributed by atoms with Gasteiger partial charge in [-0.25, -0.2) is 0 Å². The molecule has 0 radical (unpaired) electrons. The summed E-state index contributed by atoms with van der Waals surface area (Å²) in [5.74, 6) is 0. The lowest BCUT2D eigenvalue weighted by Crippen LogP contribution is -2.81. The number of hydrogen-bond acceptors (Lipinski definition) is 4. The number of nitrogens with one attached hydrogen (secondary N) is 2. The van der Waals surface area contributed by atoms with Crippen LogP contribution in [-0.4, -0.2) is 48.6 Å². The molecule has 0 spiro atoms. The highest BCUT2D eigenvalue weighted by Crippen LogP contribution is 2.42. The van der Waals surface area contributed by atoms with E-state index in [1.165, 1.54) is 0 Å². The summed E-state index contributed by atoms with van der Waals surface area (Å²) in [6.07, 6.45) is 1.80. The molecular formula is C10H23N3O. The van der Waals surface area contributed by atoms with Crippen molar-refractivity contribution in [1.82, 2.24) is 15.5 Å². The lowest BCUT2D eigenvalue weighted by atomic mass is 9.73. The van der Waals surface area contributed by atoms with Gasteiger partial charge in [0.2, 0.25) is 0 Å². The van der Waals surface area contributed by atoms with Crippen molar-refractivity contribution in [3.8, 4) is 0 Å². The molecule has 4 heteroatoms. The molecule has 0 aromatic carbocycles. The Hall–Kier alpha value is -0.160. The second-order valence-corrected chi connectivity index (χ2v) is 3.89. The van der Waals surface area contributed by atoms with Gasteiger partial charge in [-0.05, 0) is 40.0 Å². The van der Waals surface area contributed by atoms with Gasteiger partial charge in [0.15, 0.2) is 0 Å². The number of aliphatic hydroxyl groups is 1. The molecule has 0 aromatic rings. The van der Waals surface area contributed by atoms with Gasteiger partial charge >= 0.3 is 0 Å². The number of rotatable bonds is 5. The van der Waals surface area contributed by atoms with E-state index >= 15 is 0 Å². The van der Waals surface area contributed by atoms with Crippen LogP contribution >= 0.6 is 0 Å². The van der Waals surface area contributed by atoms with Gasteiger partial charge in [-0.15, -0.1) is 0 Å². The van der Waals surface area contributed by atoms with Crippen molar-refractivity contribution in [2.24, 2.45) is 0 Å². The smallest absolute Gasteiger partial charge is 0.147 e.